The third-order valence-corrected chi connectivity index (χ3v) is 5.53. The lowest BCUT2D eigenvalue weighted by Gasteiger charge is -2.27. The van der Waals surface area contributed by atoms with Crippen molar-refractivity contribution < 1.29 is 19.1 Å². The zero-order chi connectivity index (χ0) is 22.9. The summed E-state index contributed by atoms with van der Waals surface area (Å²) in [6.07, 6.45) is 9.59. The van der Waals surface area contributed by atoms with Crippen LogP contribution in [0.3, 0.4) is 0 Å². The first-order chi connectivity index (χ1) is 13.7. The van der Waals surface area contributed by atoms with E-state index in [1.807, 2.05) is 41.5 Å². The number of hydrogen-bond donors (Lipinski definition) is 2. The van der Waals surface area contributed by atoms with Crippen molar-refractivity contribution in [2.75, 3.05) is 0 Å². The second-order valence-electron chi connectivity index (χ2n) is 11.1. The third-order valence-electron chi connectivity index (χ3n) is 5.53. The van der Waals surface area contributed by atoms with Gasteiger partial charge in [-0.2, -0.15) is 0 Å². The van der Waals surface area contributed by atoms with Gasteiger partial charge in [0.15, 0.2) is 0 Å². The van der Waals surface area contributed by atoms with E-state index in [1.54, 1.807) is 0 Å². The summed E-state index contributed by atoms with van der Waals surface area (Å²) < 4.78 is 10.6. The molecular weight excluding hydrogens is 380 g/mol. The molecular formula is C24H46N2O4. The van der Waals surface area contributed by atoms with Crippen LogP contribution in [0.4, 0.5) is 0 Å². The van der Waals surface area contributed by atoms with Gasteiger partial charge in [-0.05, 0) is 105 Å². The summed E-state index contributed by atoms with van der Waals surface area (Å²) in [7, 11) is 0. The molecule has 0 aromatic rings. The summed E-state index contributed by atoms with van der Waals surface area (Å²) in [4.78, 5) is 23.1. The van der Waals surface area contributed by atoms with E-state index in [-0.39, 0.29) is 23.1 Å². The van der Waals surface area contributed by atoms with Crippen LogP contribution >= 0.6 is 0 Å². The molecule has 2 rings (SSSR count). The Morgan fingerprint density at radius 1 is 0.633 bits per heavy atom. The largest absolute Gasteiger partial charge is 0.460 e. The van der Waals surface area contributed by atoms with Crippen LogP contribution < -0.4 is 11.5 Å². The zero-order valence-corrected chi connectivity index (χ0v) is 20.2. The van der Waals surface area contributed by atoms with E-state index in [2.05, 4.69) is 0 Å². The Balaban J connectivity index is 0.000000300. The highest BCUT2D eigenvalue weighted by Crippen LogP contribution is 2.27. The Kier molecular flexibility index (Phi) is 10.8. The third kappa shape index (κ3) is 13.2. The molecule has 0 atom stereocenters. The summed E-state index contributed by atoms with van der Waals surface area (Å²) in [6, 6.07) is 0.694. The molecule has 2 aliphatic rings. The number of nitrogens with two attached hydrogens (primary N) is 2. The standard InChI is InChI=1S/2C12H23NO2/c2*1-12(2,3)15-11(14)8-9-4-6-10(13)7-5-9/h2*9-10H,4-8,13H2,1-3H3. The van der Waals surface area contributed by atoms with Crippen molar-refractivity contribution >= 4 is 11.9 Å². The maximum Gasteiger partial charge on any atom is 0.306 e. The Morgan fingerprint density at radius 2 is 0.900 bits per heavy atom. The fourth-order valence-electron chi connectivity index (χ4n) is 4.02. The Labute approximate surface area is 183 Å². The second-order valence-corrected chi connectivity index (χ2v) is 11.1. The second kappa shape index (κ2) is 12.0. The normalized spacial score (nSPS) is 27.5. The number of esters is 2. The highest BCUT2D eigenvalue weighted by molar-refractivity contribution is 5.70. The predicted molar refractivity (Wildman–Crippen MR) is 121 cm³/mol. The van der Waals surface area contributed by atoms with Gasteiger partial charge in [-0.15, -0.1) is 0 Å². The summed E-state index contributed by atoms with van der Waals surface area (Å²) in [5.74, 6) is 0.838. The summed E-state index contributed by atoms with van der Waals surface area (Å²) in [5.41, 5.74) is 10.9. The van der Waals surface area contributed by atoms with E-state index in [0.717, 1.165) is 51.4 Å². The van der Waals surface area contributed by atoms with Gasteiger partial charge in [-0.25, -0.2) is 0 Å². The first-order valence-electron chi connectivity index (χ1n) is 11.7. The van der Waals surface area contributed by atoms with E-state index in [1.165, 1.54) is 0 Å². The molecule has 0 heterocycles. The van der Waals surface area contributed by atoms with Gasteiger partial charge >= 0.3 is 11.9 Å². The van der Waals surface area contributed by atoms with Crippen molar-refractivity contribution in [2.24, 2.45) is 23.3 Å². The van der Waals surface area contributed by atoms with Crippen LogP contribution in [0.5, 0.6) is 0 Å². The number of carbonyl (C=O) groups is 2. The Hall–Kier alpha value is -1.14. The lowest BCUT2D eigenvalue weighted by atomic mass is 9.84. The lowest BCUT2D eigenvalue weighted by molar-refractivity contribution is -0.157. The smallest absolute Gasteiger partial charge is 0.306 e. The molecule has 0 unspecified atom stereocenters. The van der Waals surface area contributed by atoms with E-state index in [0.29, 0.717) is 36.8 Å². The van der Waals surface area contributed by atoms with Crippen LogP contribution in [0.15, 0.2) is 0 Å². The molecule has 2 aliphatic carbocycles. The van der Waals surface area contributed by atoms with E-state index in [4.69, 9.17) is 20.9 Å². The number of carbonyl (C=O) groups excluding carboxylic acids is 2. The van der Waals surface area contributed by atoms with Crippen LogP contribution in [-0.2, 0) is 19.1 Å². The molecule has 0 aromatic carbocycles. The SMILES string of the molecule is CC(C)(C)OC(=O)CC1CCC(N)CC1.CC(C)(C)OC(=O)CC1CCC(N)CC1. The van der Waals surface area contributed by atoms with Crippen LogP contribution in [0.2, 0.25) is 0 Å². The molecule has 2 fully saturated rings. The van der Waals surface area contributed by atoms with Crippen molar-refractivity contribution in [1.29, 1.82) is 0 Å². The molecule has 6 nitrogen and oxygen atoms in total. The number of hydrogen-bond acceptors (Lipinski definition) is 6. The van der Waals surface area contributed by atoms with Crippen molar-refractivity contribution in [3.8, 4) is 0 Å². The molecule has 4 N–H and O–H groups in total. The summed E-state index contributed by atoms with van der Waals surface area (Å²) in [5, 5.41) is 0. The molecule has 30 heavy (non-hydrogen) atoms. The Morgan fingerprint density at radius 3 is 1.13 bits per heavy atom. The highest BCUT2D eigenvalue weighted by Gasteiger charge is 2.25. The van der Waals surface area contributed by atoms with Gasteiger partial charge in [-0.3, -0.25) is 9.59 Å². The molecule has 0 aliphatic heterocycles. The molecule has 176 valence electrons. The minimum Gasteiger partial charge on any atom is -0.460 e. The van der Waals surface area contributed by atoms with E-state index < -0.39 is 0 Å². The topological polar surface area (TPSA) is 105 Å². The molecule has 0 radical (unpaired) electrons. The van der Waals surface area contributed by atoms with Gasteiger partial charge in [0.05, 0.1) is 0 Å². The number of rotatable bonds is 4. The fourth-order valence-corrected chi connectivity index (χ4v) is 4.02. The molecule has 0 amide bonds. The molecule has 2 saturated carbocycles. The van der Waals surface area contributed by atoms with E-state index in [9.17, 15) is 9.59 Å². The number of ether oxygens (including phenoxy) is 2. The average Bonchev–Trinajstić information content (AvgIpc) is 2.56. The maximum absolute atomic E-state index is 11.6. The molecule has 0 bridgehead atoms. The van der Waals surface area contributed by atoms with Gasteiger partial charge in [0.25, 0.3) is 0 Å². The van der Waals surface area contributed by atoms with Crippen LogP contribution in [0, 0.1) is 11.8 Å². The van der Waals surface area contributed by atoms with Gasteiger partial charge in [0.2, 0.25) is 0 Å². The van der Waals surface area contributed by atoms with Crippen molar-refractivity contribution in [3.05, 3.63) is 0 Å². The summed E-state index contributed by atoms with van der Waals surface area (Å²) in [6.45, 7) is 11.4. The first kappa shape index (κ1) is 26.9. The molecule has 0 saturated heterocycles. The van der Waals surface area contributed by atoms with Crippen molar-refractivity contribution in [1.82, 2.24) is 0 Å². The average molecular weight is 427 g/mol. The first-order valence-corrected chi connectivity index (χ1v) is 11.7. The molecule has 6 heteroatoms. The lowest BCUT2D eigenvalue weighted by Crippen LogP contribution is -2.29. The van der Waals surface area contributed by atoms with Crippen LogP contribution in [0.25, 0.3) is 0 Å². The Bertz CT molecular complexity index is 472. The van der Waals surface area contributed by atoms with Gasteiger partial charge in [0.1, 0.15) is 11.2 Å². The zero-order valence-electron chi connectivity index (χ0n) is 20.2. The van der Waals surface area contributed by atoms with Gasteiger partial charge < -0.3 is 20.9 Å². The highest BCUT2D eigenvalue weighted by atomic mass is 16.6. The van der Waals surface area contributed by atoms with E-state index >= 15 is 0 Å². The monoisotopic (exact) mass is 426 g/mol. The van der Waals surface area contributed by atoms with Crippen molar-refractivity contribution in [2.45, 2.75) is 129 Å². The quantitative estimate of drug-likeness (QED) is 0.643. The minimum absolute atomic E-state index is 0.0667. The van der Waals surface area contributed by atoms with Crippen molar-refractivity contribution in [3.63, 3.8) is 0 Å². The van der Waals surface area contributed by atoms with Gasteiger partial charge in [-0.1, -0.05) is 0 Å². The minimum atomic E-state index is -0.359. The predicted octanol–water partition coefficient (Wildman–Crippen LogP) is 4.47. The molecule has 0 spiro atoms. The summed E-state index contributed by atoms with van der Waals surface area (Å²) >= 11 is 0. The maximum atomic E-state index is 11.6. The fraction of sp³-hybridized carbons (Fsp3) is 0.917. The molecule has 0 aromatic heterocycles. The van der Waals surface area contributed by atoms with Crippen LogP contribution in [-0.4, -0.2) is 35.2 Å². The van der Waals surface area contributed by atoms with Gasteiger partial charge in [0, 0.05) is 24.9 Å². The van der Waals surface area contributed by atoms with Crippen LogP contribution in [0.1, 0.15) is 106 Å².